The number of benzene rings is 1. The van der Waals surface area contributed by atoms with Gasteiger partial charge in [-0.1, -0.05) is 57.8 Å². The van der Waals surface area contributed by atoms with Gasteiger partial charge in [0.15, 0.2) is 5.76 Å². The Morgan fingerprint density at radius 3 is 2.37 bits per heavy atom. The van der Waals surface area contributed by atoms with Crippen LogP contribution >= 0.6 is 0 Å². The van der Waals surface area contributed by atoms with Crippen molar-refractivity contribution in [3.63, 3.8) is 0 Å². The molecule has 2 N–H and O–H groups in total. The Hall–Kier alpha value is -4.16. The molecule has 0 fully saturated rings. The van der Waals surface area contributed by atoms with E-state index in [4.69, 9.17) is 9.26 Å². The largest absolute Gasteiger partial charge is 0.444 e. The molecule has 0 radical (unpaired) electrons. The van der Waals surface area contributed by atoms with Crippen LogP contribution in [0.15, 0.2) is 53.3 Å². The minimum absolute atomic E-state index is 0.0278. The van der Waals surface area contributed by atoms with Crippen LogP contribution in [0.3, 0.4) is 0 Å². The van der Waals surface area contributed by atoms with Crippen molar-refractivity contribution in [2.45, 2.75) is 78.4 Å². The number of ether oxygens (including phenoxy) is 1. The number of unbranched alkanes of at least 4 members (excludes halogenated alkanes) is 1. The molecule has 0 bridgehead atoms. The molecule has 1 aromatic carbocycles. The zero-order valence-corrected chi connectivity index (χ0v) is 23.3. The van der Waals surface area contributed by atoms with Gasteiger partial charge in [-0.15, -0.1) is 0 Å². The molecule has 41 heavy (non-hydrogen) atoms. The normalized spacial score (nSPS) is 13.3. The number of nitrogens with zero attached hydrogens (tertiary/aromatic N) is 3. The predicted octanol–water partition coefficient (Wildman–Crippen LogP) is 5.14. The third-order valence-electron chi connectivity index (χ3n) is 6.31. The summed E-state index contributed by atoms with van der Waals surface area (Å²) in [6.07, 6.45) is -1.37. The molecule has 0 saturated heterocycles. The van der Waals surface area contributed by atoms with E-state index < -0.39 is 47.1 Å². The highest BCUT2D eigenvalue weighted by molar-refractivity contribution is 6.38. The third-order valence-corrected chi connectivity index (χ3v) is 6.31. The lowest BCUT2D eigenvalue weighted by molar-refractivity contribution is -0.139. The molecule has 0 aliphatic heterocycles. The Morgan fingerprint density at radius 1 is 1.07 bits per heavy atom. The quantitative estimate of drug-likeness (QED) is 0.285. The number of alkyl carbamates (subject to hydrolysis) is 1. The van der Waals surface area contributed by atoms with Crippen LogP contribution in [-0.2, 0) is 33.6 Å². The molecule has 2 heterocycles. The summed E-state index contributed by atoms with van der Waals surface area (Å²) in [5, 5.41) is 13.0. The molecule has 222 valence electrons. The van der Waals surface area contributed by atoms with Gasteiger partial charge in [0.2, 0.25) is 5.78 Å². The van der Waals surface area contributed by atoms with Crippen molar-refractivity contribution in [2.75, 3.05) is 0 Å². The fourth-order valence-corrected chi connectivity index (χ4v) is 3.83. The van der Waals surface area contributed by atoms with Crippen molar-refractivity contribution < 1.29 is 36.8 Å². The molecule has 0 unspecified atom stereocenters. The van der Waals surface area contributed by atoms with E-state index in [1.165, 1.54) is 23.0 Å². The number of aromatic nitrogens is 3. The van der Waals surface area contributed by atoms with E-state index in [-0.39, 0.29) is 19.5 Å². The van der Waals surface area contributed by atoms with E-state index in [1.54, 1.807) is 18.3 Å². The van der Waals surface area contributed by atoms with Crippen LogP contribution in [-0.4, -0.2) is 44.9 Å². The summed E-state index contributed by atoms with van der Waals surface area (Å²) in [4.78, 5) is 38.2. The minimum Gasteiger partial charge on any atom is -0.444 e. The van der Waals surface area contributed by atoms with E-state index in [0.29, 0.717) is 23.4 Å². The number of rotatable bonds is 12. The lowest BCUT2D eigenvalue weighted by atomic mass is 9.89. The first-order chi connectivity index (χ1) is 19.3. The number of hydrogen-bond donors (Lipinski definition) is 2. The fraction of sp³-hybridized carbons (Fsp3) is 0.464. The van der Waals surface area contributed by atoms with E-state index in [0.717, 1.165) is 18.6 Å². The van der Waals surface area contributed by atoms with Crippen LogP contribution in [0.25, 0.3) is 11.3 Å². The zero-order chi connectivity index (χ0) is 30.2. The molecular formula is C28H34F3N5O5. The summed E-state index contributed by atoms with van der Waals surface area (Å²) in [6.45, 7) is 7.62. The number of nitrogens with one attached hydrogen (secondary N) is 2. The van der Waals surface area contributed by atoms with Crippen molar-refractivity contribution >= 4 is 17.8 Å². The highest BCUT2D eigenvalue weighted by Gasteiger charge is 2.33. The summed E-state index contributed by atoms with van der Waals surface area (Å²) in [5.41, 5.74) is -0.343. The fourth-order valence-electron chi connectivity index (χ4n) is 3.83. The smallest absolute Gasteiger partial charge is 0.416 e. The van der Waals surface area contributed by atoms with Crippen LogP contribution in [0.5, 0.6) is 0 Å². The molecule has 2 atom stereocenters. The molecule has 0 aliphatic rings. The average molecular weight is 578 g/mol. The van der Waals surface area contributed by atoms with Crippen molar-refractivity contribution in [1.29, 1.82) is 0 Å². The lowest BCUT2D eigenvalue weighted by Crippen LogP contribution is -2.49. The van der Waals surface area contributed by atoms with Gasteiger partial charge in [0, 0.05) is 23.2 Å². The van der Waals surface area contributed by atoms with E-state index in [9.17, 15) is 27.6 Å². The first kappa shape index (κ1) is 31.4. The maximum Gasteiger partial charge on any atom is 0.416 e. The monoisotopic (exact) mass is 577 g/mol. The first-order valence-electron chi connectivity index (χ1n) is 13.2. The lowest BCUT2D eigenvalue weighted by Gasteiger charge is -2.30. The number of hydrogen-bond acceptors (Lipinski definition) is 7. The number of amides is 2. The van der Waals surface area contributed by atoms with Crippen molar-refractivity contribution in [3.05, 3.63) is 60.1 Å². The van der Waals surface area contributed by atoms with Crippen LogP contribution in [0.1, 0.15) is 58.3 Å². The van der Waals surface area contributed by atoms with E-state index in [1.807, 2.05) is 27.7 Å². The molecule has 10 nitrogen and oxygen atoms in total. The SMILES string of the molecule is CCCC[C@H](NC(=O)O[C@H](Cn1ccc(-c2ccc(C(F)(F)F)cc2)n1)C(C)(C)C)C(=O)C(=O)NCc1ccno1. The number of Topliss-reactive ketones (excluding diaryl/α,β-unsaturated/α-hetero) is 1. The Morgan fingerprint density at radius 2 is 1.78 bits per heavy atom. The van der Waals surface area contributed by atoms with Gasteiger partial charge in [0.25, 0.3) is 5.91 Å². The van der Waals surface area contributed by atoms with Gasteiger partial charge in [-0.25, -0.2) is 4.79 Å². The maximum absolute atomic E-state index is 12.9. The number of ketones is 1. The topological polar surface area (TPSA) is 128 Å². The van der Waals surface area contributed by atoms with E-state index >= 15 is 0 Å². The number of alkyl halides is 3. The molecule has 13 heteroatoms. The van der Waals surface area contributed by atoms with Gasteiger partial charge < -0.3 is 19.9 Å². The number of halogens is 3. The molecular weight excluding hydrogens is 543 g/mol. The molecule has 0 saturated carbocycles. The molecule has 0 spiro atoms. The molecule has 3 aromatic rings. The van der Waals surface area contributed by atoms with Crippen LogP contribution in [0.4, 0.5) is 18.0 Å². The van der Waals surface area contributed by atoms with Gasteiger partial charge in [-0.2, -0.15) is 18.3 Å². The Labute approximate surface area is 235 Å². The summed E-state index contributed by atoms with van der Waals surface area (Å²) in [5.74, 6) is -1.31. The van der Waals surface area contributed by atoms with Crippen molar-refractivity contribution in [2.24, 2.45) is 5.41 Å². The predicted molar refractivity (Wildman–Crippen MR) is 142 cm³/mol. The second kappa shape index (κ2) is 13.5. The van der Waals surface area contributed by atoms with Crippen LogP contribution in [0, 0.1) is 5.41 Å². The van der Waals surface area contributed by atoms with Gasteiger partial charge in [0.1, 0.15) is 12.1 Å². The van der Waals surface area contributed by atoms with Crippen molar-refractivity contribution in [1.82, 2.24) is 25.6 Å². The summed E-state index contributed by atoms with van der Waals surface area (Å²) >= 11 is 0. The Bertz CT molecular complexity index is 1300. The molecule has 0 aliphatic carbocycles. The standard InChI is InChI=1S/C28H34F3N5O5/c1-5-6-7-22(24(37)25(38)32-16-20-12-14-33-41-20)34-26(39)40-23(27(2,3)4)17-36-15-13-21(35-36)18-8-10-19(11-9-18)28(29,30)31/h8-15,22-23H,5-7,16-17H2,1-4H3,(H,32,38)(H,34,39)/t22-,23+/m0/s1. The molecule has 3 rings (SSSR count). The summed E-state index contributed by atoms with van der Waals surface area (Å²) in [6, 6.07) is 6.78. The first-order valence-corrected chi connectivity index (χ1v) is 13.2. The Kier molecular flexibility index (Phi) is 10.3. The van der Waals surface area contributed by atoms with Gasteiger partial charge >= 0.3 is 12.3 Å². The number of carbonyl (C=O) groups is 3. The third kappa shape index (κ3) is 9.19. The van der Waals surface area contributed by atoms with Crippen molar-refractivity contribution in [3.8, 4) is 11.3 Å². The summed E-state index contributed by atoms with van der Waals surface area (Å²) in [7, 11) is 0. The highest BCUT2D eigenvalue weighted by atomic mass is 19.4. The summed E-state index contributed by atoms with van der Waals surface area (Å²) < 4.78 is 50.8. The highest BCUT2D eigenvalue weighted by Crippen LogP contribution is 2.31. The average Bonchev–Trinajstić information content (AvgIpc) is 3.60. The minimum atomic E-state index is -4.43. The Balaban J connectivity index is 1.65. The second-order valence-electron chi connectivity index (χ2n) is 10.6. The van der Waals surface area contributed by atoms with Crippen LogP contribution < -0.4 is 10.6 Å². The molecule has 2 amide bonds. The van der Waals surface area contributed by atoms with E-state index in [2.05, 4.69) is 20.9 Å². The second-order valence-corrected chi connectivity index (χ2v) is 10.6. The number of carbonyl (C=O) groups excluding carboxylic acids is 3. The maximum atomic E-state index is 12.9. The zero-order valence-electron chi connectivity index (χ0n) is 23.3. The van der Waals surface area contributed by atoms with Gasteiger partial charge in [-0.05, 0) is 24.6 Å². The van der Waals surface area contributed by atoms with Gasteiger partial charge in [-0.3, -0.25) is 14.3 Å². The van der Waals surface area contributed by atoms with Crippen LogP contribution in [0.2, 0.25) is 0 Å². The molecule has 2 aromatic heterocycles. The van der Waals surface area contributed by atoms with Gasteiger partial charge in [0.05, 0.1) is 30.5 Å².